The third-order valence-electron chi connectivity index (χ3n) is 3.09. The number of ether oxygens (including phenoxy) is 1. The lowest BCUT2D eigenvalue weighted by Gasteiger charge is -2.15. The van der Waals surface area contributed by atoms with Crippen LogP contribution >= 0.6 is 27.7 Å². The van der Waals surface area contributed by atoms with Crippen molar-refractivity contribution < 1.29 is 9.53 Å². The van der Waals surface area contributed by atoms with Crippen LogP contribution in [0.3, 0.4) is 0 Å². The van der Waals surface area contributed by atoms with E-state index in [4.69, 9.17) is 4.74 Å². The van der Waals surface area contributed by atoms with E-state index >= 15 is 0 Å². The van der Waals surface area contributed by atoms with E-state index < -0.39 is 6.09 Å². The van der Waals surface area contributed by atoms with Gasteiger partial charge in [0.05, 0.1) is 6.10 Å². The van der Waals surface area contributed by atoms with E-state index in [1.807, 2.05) is 50.2 Å². The summed E-state index contributed by atoms with van der Waals surface area (Å²) in [5.41, 5.74) is 1.99. The molecule has 2 rings (SSSR count). The van der Waals surface area contributed by atoms with Gasteiger partial charge in [-0.2, -0.15) is 0 Å². The molecule has 0 fully saturated rings. The van der Waals surface area contributed by atoms with Crippen molar-refractivity contribution in [2.45, 2.75) is 37.0 Å². The molecular weight excluding hydrogens is 374 g/mol. The van der Waals surface area contributed by atoms with Crippen LogP contribution in [-0.4, -0.2) is 12.2 Å². The topological polar surface area (TPSA) is 38.3 Å². The molecule has 5 heteroatoms. The summed E-state index contributed by atoms with van der Waals surface area (Å²) in [6, 6.07) is 16.1. The van der Waals surface area contributed by atoms with Gasteiger partial charge in [-0.05, 0) is 60.5 Å². The second-order valence-corrected chi connectivity index (χ2v) is 7.63. The third kappa shape index (κ3) is 5.59. The van der Waals surface area contributed by atoms with Gasteiger partial charge in [-0.25, -0.2) is 4.79 Å². The molecule has 0 heterocycles. The van der Waals surface area contributed by atoms with Crippen LogP contribution in [0.4, 0.5) is 10.5 Å². The van der Waals surface area contributed by atoms with Crippen molar-refractivity contribution in [3.63, 3.8) is 0 Å². The minimum absolute atomic E-state index is 0.141. The number of carbonyl (C=O) groups is 1. The van der Waals surface area contributed by atoms with Gasteiger partial charge >= 0.3 is 6.09 Å². The average molecular weight is 394 g/mol. The van der Waals surface area contributed by atoms with Crippen LogP contribution in [0.1, 0.15) is 31.6 Å². The molecule has 0 radical (unpaired) electrons. The van der Waals surface area contributed by atoms with E-state index in [9.17, 15) is 4.79 Å². The minimum Gasteiger partial charge on any atom is -0.447 e. The fourth-order valence-corrected chi connectivity index (χ4v) is 3.59. The number of thioether (sulfide) groups is 1. The van der Waals surface area contributed by atoms with E-state index in [1.165, 1.54) is 5.56 Å². The monoisotopic (exact) mass is 393 g/mol. The number of benzene rings is 2. The smallest absolute Gasteiger partial charge is 0.411 e. The van der Waals surface area contributed by atoms with E-state index in [1.54, 1.807) is 11.8 Å². The Balaban J connectivity index is 2.10. The molecule has 0 aromatic heterocycles. The van der Waals surface area contributed by atoms with Crippen molar-refractivity contribution in [2.75, 3.05) is 5.32 Å². The van der Waals surface area contributed by atoms with Crippen molar-refractivity contribution >= 4 is 39.5 Å². The molecule has 0 bridgehead atoms. The van der Waals surface area contributed by atoms with Crippen LogP contribution in [0, 0.1) is 0 Å². The summed E-state index contributed by atoms with van der Waals surface area (Å²) >= 11 is 5.31. The first-order chi connectivity index (χ1) is 11.0. The Morgan fingerprint density at radius 1 is 1.13 bits per heavy atom. The van der Waals surface area contributed by atoms with Gasteiger partial charge in [0, 0.05) is 20.3 Å². The summed E-state index contributed by atoms with van der Waals surface area (Å²) in [6.07, 6.45) is -0.577. The van der Waals surface area contributed by atoms with Gasteiger partial charge in [0.15, 0.2) is 0 Å². The van der Waals surface area contributed by atoms with E-state index in [2.05, 4.69) is 40.3 Å². The maximum atomic E-state index is 11.7. The number of hydrogen-bond donors (Lipinski definition) is 1. The Labute approximate surface area is 149 Å². The van der Waals surface area contributed by atoms with Crippen LogP contribution in [-0.2, 0) is 4.74 Å². The summed E-state index contributed by atoms with van der Waals surface area (Å²) in [6.45, 7) is 5.81. The number of anilines is 1. The molecule has 122 valence electrons. The quantitative estimate of drug-likeness (QED) is 0.609. The summed E-state index contributed by atoms with van der Waals surface area (Å²) in [5, 5.41) is 3.07. The van der Waals surface area contributed by atoms with Crippen molar-refractivity contribution in [3.05, 3.63) is 58.6 Å². The zero-order valence-corrected chi connectivity index (χ0v) is 15.8. The Kier molecular flexibility index (Phi) is 6.54. The van der Waals surface area contributed by atoms with E-state index in [0.29, 0.717) is 5.25 Å². The number of halogens is 1. The highest BCUT2D eigenvalue weighted by atomic mass is 79.9. The average Bonchev–Trinajstić information content (AvgIpc) is 2.50. The first-order valence-electron chi connectivity index (χ1n) is 7.44. The first-order valence-corrected chi connectivity index (χ1v) is 9.11. The summed E-state index contributed by atoms with van der Waals surface area (Å²) in [5.74, 6) is 0. The molecule has 1 atom stereocenters. The molecule has 1 unspecified atom stereocenters. The van der Waals surface area contributed by atoms with Gasteiger partial charge < -0.3 is 4.74 Å². The molecule has 1 amide bonds. The third-order valence-corrected chi connectivity index (χ3v) is 5.26. The molecule has 1 N–H and O–H groups in total. The lowest BCUT2D eigenvalue weighted by molar-refractivity contribution is 0.130. The van der Waals surface area contributed by atoms with Crippen LogP contribution in [0.5, 0.6) is 0 Å². The predicted octanol–water partition coefficient (Wildman–Crippen LogP) is 6.26. The number of carbonyl (C=O) groups excluding carboxylic acids is 1. The van der Waals surface area contributed by atoms with Crippen LogP contribution in [0.25, 0.3) is 0 Å². The second kappa shape index (κ2) is 8.41. The maximum absolute atomic E-state index is 11.7. The SMILES string of the molecule is CC(C)OC(=O)Nc1ccc(Br)c(SC(C)c2ccccc2)c1. The highest BCUT2D eigenvalue weighted by molar-refractivity contribution is 9.10. The van der Waals surface area contributed by atoms with Gasteiger partial charge in [-0.3, -0.25) is 5.32 Å². The molecule has 0 aliphatic carbocycles. The summed E-state index contributed by atoms with van der Waals surface area (Å²) in [4.78, 5) is 12.8. The Bertz CT molecular complexity index is 661. The Hall–Kier alpha value is -1.46. The largest absolute Gasteiger partial charge is 0.447 e. The van der Waals surface area contributed by atoms with Gasteiger partial charge in [0.25, 0.3) is 0 Å². The van der Waals surface area contributed by atoms with Crippen LogP contribution in [0.2, 0.25) is 0 Å². The Morgan fingerprint density at radius 2 is 1.83 bits per heavy atom. The second-order valence-electron chi connectivity index (χ2n) is 5.40. The van der Waals surface area contributed by atoms with E-state index in [-0.39, 0.29) is 6.10 Å². The van der Waals surface area contributed by atoms with Crippen molar-refractivity contribution in [1.82, 2.24) is 0 Å². The number of nitrogens with one attached hydrogen (secondary N) is 1. The normalized spacial score (nSPS) is 12.0. The molecule has 2 aromatic rings. The molecule has 0 spiro atoms. The molecule has 0 aliphatic heterocycles. The number of hydrogen-bond acceptors (Lipinski definition) is 3. The van der Waals surface area contributed by atoms with Gasteiger partial charge in [0.1, 0.15) is 0 Å². The number of amides is 1. The van der Waals surface area contributed by atoms with Gasteiger partial charge in [0.2, 0.25) is 0 Å². The molecule has 3 nitrogen and oxygen atoms in total. The zero-order valence-electron chi connectivity index (χ0n) is 13.4. The first kappa shape index (κ1) is 17.9. The minimum atomic E-state index is -0.436. The van der Waals surface area contributed by atoms with Crippen molar-refractivity contribution in [1.29, 1.82) is 0 Å². The summed E-state index contributed by atoms with van der Waals surface area (Å²) in [7, 11) is 0. The maximum Gasteiger partial charge on any atom is 0.411 e. The van der Waals surface area contributed by atoms with Gasteiger partial charge in [-0.1, -0.05) is 30.3 Å². The van der Waals surface area contributed by atoms with E-state index in [0.717, 1.165) is 15.1 Å². The number of rotatable bonds is 5. The molecule has 0 saturated carbocycles. The fourth-order valence-electron chi connectivity index (χ4n) is 2.02. The standard InChI is InChI=1S/C18H20BrNO2S/c1-12(2)22-18(21)20-15-9-10-16(19)17(11-15)23-13(3)14-7-5-4-6-8-14/h4-13H,1-3H3,(H,20,21). The van der Waals surface area contributed by atoms with Gasteiger partial charge in [-0.15, -0.1) is 11.8 Å². The molecule has 2 aromatic carbocycles. The van der Waals surface area contributed by atoms with Crippen molar-refractivity contribution in [2.24, 2.45) is 0 Å². The predicted molar refractivity (Wildman–Crippen MR) is 100 cm³/mol. The highest BCUT2D eigenvalue weighted by Gasteiger charge is 2.12. The zero-order chi connectivity index (χ0) is 16.8. The molecule has 0 saturated heterocycles. The molecule has 0 aliphatic rings. The molecule has 23 heavy (non-hydrogen) atoms. The van der Waals surface area contributed by atoms with Crippen molar-refractivity contribution in [3.8, 4) is 0 Å². The highest BCUT2D eigenvalue weighted by Crippen LogP contribution is 2.39. The van der Waals surface area contributed by atoms with Crippen LogP contribution < -0.4 is 5.32 Å². The summed E-state index contributed by atoms with van der Waals surface area (Å²) < 4.78 is 6.11. The van der Waals surface area contributed by atoms with Crippen LogP contribution in [0.15, 0.2) is 57.9 Å². The Morgan fingerprint density at radius 3 is 2.48 bits per heavy atom. The fraction of sp³-hybridized carbons (Fsp3) is 0.278. The molecular formula is C18H20BrNO2S. The lowest BCUT2D eigenvalue weighted by Crippen LogP contribution is -2.17. The lowest BCUT2D eigenvalue weighted by atomic mass is 10.2.